The lowest BCUT2D eigenvalue weighted by Crippen LogP contribution is -2.38. The maximum Gasteiger partial charge on any atom is 0.338 e. The van der Waals surface area contributed by atoms with E-state index in [0.29, 0.717) is 24.6 Å². The van der Waals surface area contributed by atoms with E-state index in [4.69, 9.17) is 9.63 Å². The minimum absolute atomic E-state index is 0.0794. The van der Waals surface area contributed by atoms with Crippen LogP contribution in [0.5, 0.6) is 0 Å². The molecule has 2 aromatic carbocycles. The minimum atomic E-state index is -3.94. The Labute approximate surface area is 172 Å². The van der Waals surface area contributed by atoms with Crippen molar-refractivity contribution in [3.05, 3.63) is 65.8 Å². The summed E-state index contributed by atoms with van der Waals surface area (Å²) in [6, 6.07) is 12.2. The molecule has 1 aromatic heterocycles. The fourth-order valence-corrected chi connectivity index (χ4v) is 4.92. The van der Waals surface area contributed by atoms with Crippen LogP contribution in [0.4, 0.5) is 4.39 Å². The highest BCUT2D eigenvalue weighted by Gasteiger charge is 2.33. The van der Waals surface area contributed by atoms with Gasteiger partial charge in [-0.25, -0.2) is 17.6 Å². The molecule has 0 saturated carbocycles. The molecule has 30 heavy (non-hydrogen) atoms. The number of hydrogen-bond acceptors (Lipinski definition) is 6. The van der Waals surface area contributed by atoms with Gasteiger partial charge < -0.3 is 9.63 Å². The number of benzene rings is 2. The van der Waals surface area contributed by atoms with Gasteiger partial charge in [0.1, 0.15) is 5.82 Å². The smallest absolute Gasteiger partial charge is 0.338 e. The number of rotatable bonds is 5. The maximum absolute atomic E-state index is 13.6. The largest absolute Gasteiger partial charge is 0.478 e. The molecule has 0 radical (unpaired) electrons. The molecule has 0 amide bonds. The molecular formula is C20H18FN3O5S. The van der Waals surface area contributed by atoms with Crippen LogP contribution in [0.15, 0.2) is 57.9 Å². The molecule has 0 spiro atoms. The molecule has 10 heteroatoms. The molecule has 0 aliphatic carbocycles. The van der Waals surface area contributed by atoms with Gasteiger partial charge >= 0.3 is 5.97 Å². The summed E-state index contributed by atoms with van der Waals surface area (Å²) in [5.41, 5.74) is 0.156. The lowest BCUT2D eigenvalue weighted by Gasteiger charge is -2.29. The Bertz CT molecular complexity index is 1170. The highest BCUT2D eigenvalue weighted by atomic mass is 32.2. The number of piperidine rings is 1. The summed E-state index contributed by atoms with van der Waals surface area (Å²) in [6.45, 7) is 0.408. The van der Waals surface area contributed by atoms with Gasteiger partial charge in [-0.2, -0.15) is 9.29 Å². The fraction of sp³-hybridized carbons (Fsp3) is 0.250. The van der Waals surface area contributed by atoms with E-state index < -0.39 is 27.4 Å². The third kappa shape index (κ3) is 3.83. The first kappa shape index (κ1) is 20.2. The van der Waals surface area contributed by atoms with Gasteiger partial charge in [0, 0.05) is 24.6 Å². The molecule has 0 unspecified atom stereocenters. The zero-order valence-corrected chi connectivity index (χ0v) is 16.5. The quantitative estimate of drug-likeness (QED) is 0.660. The second-order valence-electron chi connectivity index (χ2n) is 6.95. The van der Waals surface area contributed by atoms with E-state index in [1.807, 2.05) is 30.3 Å². The summed E-state index contributed by atoms with van der Waals surface area (Å²) in [4.78, 5) is 15.3. The van der Waals surface area contributed by atoms with Crippen LogP contribution in [0, 0.1) is 5.82 Å². The molecule has 156 valence electrons. The van der Waals surface area contributed by atoms with Crippen LogP contribution in [0.2, 0.25) is 0 Å². The zero-order valence-electron chi connectivity index (χ0n) is 15.7. The summed E-state index contributed by atoms with van der Waals surface area (Å²) < 4.78 is 46.0. The molecule has 2 heterocycles. The number of halogens is 1. The van der Waals surface area contributed by atoms with E-state index in [1.165, 1.54) is 4.31 Å². The Hall–Kier alpha value is -3.11. The molecule has 1 N–H and O–H groups in total. The number of sulfonamides is 1. The van der Waals surface area contributed by atoms with Gasteiger partial charge in [0.25, 0.3) is 0 Å². The maximum atomic E-state index is 13.6. The van der Waals surface area contributed by atoms with Crippen molar-refractivity contribution in [2.24, 2.45) is 0 Å². The molecule has 0 bridgehead atoms. The average Bonchev–Trinajstić information content (AvgIpc) is 3.25. The van der Waals surface area contributed by atoms with Gasteiger partial charge in [0.15, 0.2) is 0 Å². The predicted molar refractivity (Wildman–Crippen MR) is 104 cm³/mol. The standard InChI is InChI=1S/C20H18FN3O5S/c21-17-7-6-15(12-16(17)20(25)26)30(27,28)24-10-8-14(9-11-24)19-22-18(23-29-19)13-4-2-1-3-5-13/h1-7,12,14H,8-11H2,(H,25,26). The molecule has 4 rings (SSSR count). The van der Waals surface area contributed by atoms with Gasteiger partial charge in [-0.3, -0.25) is 0 Å². The zero-order chi connectivity index (χ0) is 21.3. The SMILES string of the molecule is O=C(O)c1cc(S(=O)(=O)N2CCC(c3nc(-c4ccccc4)no3)CC2)ccc1F. The Kier molecular flexibility index (Phi) is 5.35. The lowest BCUT2D eigenvalue weighted by molar-refractivity contribution is 0.0691. The third-order valence-corrected chi connectivity index (χ3v) is 6.98. The van der Waals surface area contributed by atoms with Gasteiger partial charge in [-0.15, -0.1) is 0 Å². The van der Waals surface area contributed by atoms with Crippen molar-refractivity contribution < 1.29 is 27.2 Å². The van der Waals surface area contributed by atoms with Crippen molar-refractivity contribution in [1.82, 2.24) is 14.4 Å². The first-order chi connectivity index (χ1) is 14.4. The van der Waals surface area contributed by atoms with Crippen LogP contribution in [-0.4, -0.2) is 47.0 Å². The minimum Gasteiger partial charge on any atom is -0.478 e. The summed E-state index contributed by atoms with van der Waals surface area (Å²) in [5, 5.41) is 13.0. The number of carboxylic acid groups (broad SMARTS) is 1. The van der Waals surface area contributed by atoms with Crippen molar-refractivity contribution in [1.29, 1.82) is 0 Å². The molecule has 1 aliphatic heterocycles. The first-order valence-electron chi connectivity index (χ1n) is 9.28. The van der Waals surface area contributed by atoms with E-state index in [-0.39, 0.29) is 23.9 Å². The number of aromatic nitrogens is 2. The van der Waals surface area contributed by atoms with Crippen LogP contribution >= 0.6 is 0 Å². The van der Waals surface area contributed by atoms with E-state index >= 15 is 0 Å². The van der Waals surface area contributed by atoms with E-state index in [9.17, 15) is 17.6 Å². The lowest BCUT2D eigenvalue weighted by atomic mass is 9.98. The highest BCUT2D eigenvalue weighted by Crippen LogP contribution is 2.31. The van der Waals surface area contributed by atoms with E-state index in [1.54, 1.807) is 0 Å². The van der Waals surface area contributed by atoms with E-state index in [2.05, 4.69) is 10.1 Å². The number of aromatic carboxylic acids is 1. The Morgan fingerprint density at radius 3 is 2.50 bits per heavy atom. The third-order valence-electron chi connectivity index (χ3n) is 5.08. The molecule has 0 atom stereocenters. The summed E-state index contributed by atoms with van der Waals surface area (Å²) in [7, 11) is -3.94. The number of carboxylic acids is 1. The van der Waals surface area contributed by atoms with Crippen molar-refractivity contribution in [2.45, 2.75) is 23.7 Å². The molecular weight excluding hydrogens is 413 g/mol. The number of hydrogen-bond donors (Lipinski definition) is 1. The Balaban J connectivity index is 1.47. The first-order valence-corrected chi connectivity index (χ1v) is 10.7. The van der Waals surface area contributed by atoms with Crippen LogP contribution in [0.1, 0.15) is 35.0 Å². The van der Waals surface area contributed by atoms with Gasteiger partial charge in [-0.05, 0) is 31.0 Å². The van der Waals surface area contributed by atoms with Crippen LogP contribution in [0.3, 0.4) is 0 Å². The molecule has 8 nitrogen and oxygen atoms in total. The molecule has 1 fully saturated rings. The number of carbonyl (C=O) groups is 1. The average molecular weight is 431 g/mol. The molecule has 1 saturated heterocycles. The summed E-state index contributed by atoms with van der Waals surface area (Å²) in [6.07, 6.45) is 0.950. The van der Waals surface area contributed by atoms with Crippen LogP contribution < -0.4 is 0 Å². The fourth-order valence-electron chi connectivity index (χ4n) is 3.43. The predicted octanol–water partition coefficient (Wildman–Crippen LogP) is 3.14. The van der Waals surface area contributed by atoms with E-state index in [0.717, 1.165) is 23.8 Å². The number of nitrogens with zero attached hydrogens (tertiary/aromatic N) is 3. The van der Waals surface area contributed by atoms with Crippen molar-refractivity contribution in [3.8, 4) is 11.4 Å². The van der Waals surface area contributed by atoms with Gasteiger partial charge in [-0.1, -0.05) is 35.5 Å². The van der Waals surface area contributed by atoms with Crippen molar-refractivity contribution in [3.63, 3.8) is 0 Å². The van der Waals surface area contributed by atoms with Crippen molar-refractivity contribution >= 4 is 16.0 Å². The topological polar surface area (TPSA) is 114 Å². The molecule has 3 aromatic rings. The second-order valence-corrected chi connectivity index (χ2v) is 8.89. The van der Waals surface area contributed by atoms with Crippen molar-refractivity contribution in [2.75, 3.05) is 13.1 Å². The van der Waals surface area contributed by atoms with Gasteiger partial charge in [0.2, 0.25) is 21.7 Å². The summed E-state index contributed by atoms with van der Waals surface area (Å²) >= 11 is 0. The van der Waals surface area contributed by atoms with Crippen LogP contribution in [-0.2, 0) is 10.0 Å². The second kappa shape index (κ2) is 7.96. The molecule has 1 aliphatic rings. The van der Waals surface area contributed by atoms with Gasteiger partial charge in [0.05, 0.1) is 10.5 Å². The Morgan fingerprint density at radius 1 is 1.13 bits per heavy atom. The highest BCUT2D eigenvalue weighted by molar-refractivity contribution is 7.89. The van der Waals surface area contributed by atoms with Crippen LogP contribution in [0.25, 0.3) is 11.4 Å². The monoisotopic (exact) mass is 431 g/mol. The normalized spacial score (nSPS) is 15.9. The summed E-state index contributed by atoms with van der Waals surface area (Å²) in [5.74, 6) is -1.64. The Morgan fingerprint density at radius 2 is 1.83 bits per heavy atom.